The number of nitrogen functional groups attached to an aromatic ring is 2. The van der Waals surface area contributed by atoms with Gasteiger partial charge in [0.15, 0.2) is 21.8 Å². The number of anilines is 3. The molecule has 6 heterocycles. The molecule has 13 N–H and O–H groups in total. The Labute approximate surface area is 659 Å². The van der Waals surface area contributed by atoms with E-state index in [1.54, 1.807) is 44.2 Å². The van der Waals surface area contributed by atoms with Crippen LogP contribution >= 0.6 is 77.2 Å². The Morgan fingerprint density at radius 3 is 1.61 bits per heavy atom. The molecular formula is C68H113N16O17PS6. The van der Waals surface area contributed by atoms with Gasteiger partial charge in [-0.3, -0.25) is 24.4 Å². The smallest absolute Gasteiger partial charge is 0.429 e. The van der Waals surface area contributed by atoms with E-state index in [2.05, 4.69) is 134 Å². The Morgan fingerprint density at radius 1 is 0.759 bits per heavy atom. The van der Waals surface area contributed by atoms with Gasteiger partial charge in [-0.1, -0.05) is 166 Å². The topological polar surface area (TPSA) is 504 Å². The van der Waals surface area contributed by atoms with Gasteiger partial charge in [0.25, 0.3) is 5.91 Å². The number of piperazine rings is 1. The first kappa shape index (κ1) is 101. The summed E-state index contributed by atoms with van der Waals surface area (Å²) >= 11 is 8.07. The minimum absolute atomic E-state index is 0.0387. The number of aliphatic carboxylic acids is 2. The molecule has 2 atom stereocenters. The number of aliphatic hydroxyl groups excluding tert-OH is 1. The van der Waals surface area contributed by atoms with Crippen LogP contribution in [0.4, 0.5) is 20.2 Å². The standard InChI is InChI=1S/C14H25N3O4.C10H15N3O3S.C10H15NO2.C9H17N4O4PS.C9H15N3OS.C9H13NO3S2.C7H13NS/c1-6-16-7-8-17(12(20)11(16)19)13(21)15-10(9(2)18)14(3,4)5;1-10(2,3)8(13-16-4-7(14)15)6-5-17-9(11)12-6;1-10(2,3)9(11-12-4)8-6-5-7-13-8;1-5-17-11-6(9(2,3)4)7-10-8(19-13-7)12-18(14,15)16;1-9(2,3)7(12-13-4)6-5-14-8(10)11-6;1-9(2,3)8-14-7(15-8)4(5(10)11)6(12)13;1-7(2,3)6-9-5-4-8/h9-10,18H,6-8H2,1-5H3,(H,15,21);5H,4H2,1-3H3,(H2,11,12)(H,14,15);5-7H,1-4H3;5H2,1-4H3,(H3,10,12,13,14,15,16);5H,1-4H3,(H2,10,11);8H,1-3H3,(H2,10,11)(H,12,13);5-6H2,1-3H3. The lowest BCUT2D eigenvalue weighted by atomic mass is 9.84. The minimum atomic E-state index is -4.38. The van der Waals surface area contributed by atoms with Crippen LogP contribution in [0.1, 0.15) is 189 Å². The second-order valence-electron chi connectivity index (χ2n) is 30.8. The molecule has 6 rings (SSSR count). The largest absolute Gasteiger partial charge is 0.479 e. The maximum absolute atomic E-state index is 12.2. The number of nitriles is 1. The Bertz CT molecular complexity index is 3750. The van der Waals surface area contributed by atoms with Crippen molar-refractivity contribution in [3.63, 3.8) is 0 Å². The first-order valence-corrected chi connectivity index (χ1v) is 40.5. The number of nitrogens with zero attached hydrogens (tertiary/aromatic N) is 11. The van der Waals surface area contributed by atoms with Crippen LogP contribution in [0.15, 0.2) is 64.0 Å². The lowest BCUT2D eigenvalue weighted by Crippen LogP contribution is -2.61. The molecule has 2 aliphatic rings. The summed E-state index contributed by atoms with van der Waals surface area (Å²) in [5.41, 5.74) is 19.2. The summed E-state index contributed by atoms with van der Waals surface area (Å²) in [6.07, 6.45) is 0.864. The highest BCUT2D eigenvalue weighted by atomic mass is 32.3. The number of carbonyl (C=O) groups is 6. The predicted molar refractivity (Wildman–Crippen MR) is 433 cm³/mol. The number of rotatable bonds is 20. The van der Waals surface area contributed by atoms with Crippen molar-refractivity contribution in [2.75, 3.05) is 75.1 Å². The van der Waals surface area contributed by atoms with Crippen molar-refractivity contribution in [3.05, 3.63) is 61.9 Å². The Hall–Kier alpha value is -7.41. The summed E-state index contributed by atoms with van der Waals surface area (Å²) in [5.74, 6) is -1.93. The number of thiazole rings is 2. The molecule has 2 aliphatic heterocycles. The average Bonchev–Trinajstić information content (AvgIpc) is 1.09. The molecular weight excluding hydrogens is 1540 g/mol. The quantitative estimate of drug-likeness (QED) is 0.00574. The second kappa shape index (κ2) is 45.0. The number of aromatic nitrogens is 4. The van der Waals surface area contributed by atoms with Gasteiger partial charge >= 0.3 is 37.5 Å². The number of aliphatic hydroxyl groups is 1. The first-order chi connectivity index (χ1) is 49.3. The van der Waals surface area contributed by atoms with E-state index in [0.717, 1.165) is 45.1 Å². The molecule has 0 bridgehead atoms. The predicted octanol–water partition coefficient (Wildman–Crippen LogP) is 12.3. The zero-order valence-electron chi connectivity index (χ0n) is 66.8. The normalized spacial score (nSPS) is 15.2. The van der Waals surface area contributed by atoms with Crippen LogP contribution in [-0.4, -0.2) is 188 Å². The maximum atomic E-state index is 12.2. The van der Waals surface area contributed by atoms with Crippen LogP contribution < -0.4 is 27.6 Å². The molecule has 0 radical (unpaired) electrons. The number of likely N-dealkylation sites (N-methyl/N-ethyl adjacent to an activating group) is 1. The van der Waals surface area contributed by atoms with Crippen molar-refractivity contribution >= 4 is 151 Å². The average molecular weight is 1650 g/mol. The van der Waals surface area contributed by atoms with E-state index < -0.39 is 62.2 Å². The molecule has 608 valence electrons. The molecule has 33 nitrogen and oxygen atoms in total. The fraction of sp³-hybridized carbons (Fsp3) is 0.632. The Kier molecular flexibility index (Phi) is 42.0. The molecule has 0 aliphatic carbocycles. The van der Waals surface area contributed by atoms with E-state index in [-0.39, 0.29) is 54.3 Å². The number of imide groups is 1. The number of oxime groups is 4. The van der Waals surface area contributed by atoms with Gasteiger partial charge in [0.1, 0.15) is 60.6 Å². The van der Waals surface area contributed by atoms with Crippen molar-refractivity contribution in [2.45, 2.75) is 183 Å². The SMILES string of the molecule is CC(C)(C)C(=NOCC(=O)O)c1csc(N)n1.CC(C)(C)C1SC(=C(C(N)=O)C(=O)O)S1.CC(C)(C)CSCC#N.CCN1CCN(C(=O)NC(C(C)O)C(C)(C)C)C(=O)C1=O.CCON=C(c1nsc(NP(=O)(O)O)n1)C(C)(C)C.CON=C(c1ccco1)C(C)(C)C.CON=C(c1csc(N)n1)C(C)(C)C. The summed E-state index contributed by atoms with van der Waals surface area (Å²) in [6.45, 7) is 48.4. The zero-order chi connectivity index (χ0) is 83.9. The Morgan fingerprint density at radius 2 is 1.25 bits per heavy atom. The van der Waals surface area contributed by atoms with Crippen LogP contribution in [0.5, 0.6) is 0 Å². The monoisotopic (exact) mass is 1650 g/mol. The number of amides is 5. The van der Waals surface area contributed by atoms with Crippen LogP contribution in [0.3, 0.4) is 0 Å². The molecule has 5 amide bonds. The van der Waals surface area contributed by atoms with E-state index in [4.69, 9.17) is 66.2 Å². The minimum Gasteiger partial charge on any atom is -0.479 e. The Balaban J connectivity index is 0.00000125. The van der Waals surface area contributed by atoms with Gasteiger partial charge in [0.05, 0.1) is 39.1 Å². The summed E-state index contributed by atoms with van der Waals surface area (Å²) in [5, 5.41) is 60.3. The van der Waals surface area contributed by atoms with Crippen LogP contribution in [-0.2, 0) is 47.9 Å². The number of carboxylic acids is 2. The van der Waals surface area contributed by atoms with Gasteiger partial charge in [-0.05, 0) is 54.9 Å². The van der Waals surface area contributed by atoms with Crippen molar-refractivity contribution in [3.8, 4) is 6.07 Å². The molecule has 4 aromatic heterocycles. The molecule has 0 saturated carbocycles. The second-order valence-corrected chi connectivity index (χ2v) is 38.4. The highest BCUT2D eigenvalue weighted by molar-refractivity contribution is 8.38. The first-order valence-electron chi connectivity index (χ1n) is 33.5. The summed E-state index contributed by atoms with van der Waals surface area (Å²) in [6, 6.07) is 4.67. The fourth-order valence-electron chi connectivity index (χ4n) is 8.17. The van der Waals surface area contributed by atoms with Gasteiger partial charge in [-0.2, -0.15) is 14.6 Å². The number of furan rings is 1. The van der Waals surface area contributed by atoms with Gasteiger partial charge in [-0.25, -0.2) is 28.9 Å². The third-order valence-corrected chi connectivity index (χ3v) is 21.0. The van der Waals surface area contributed by atoms with Crippen LogP contribution in [0.25, 0.3) is 0 Å². The summed E-state index contributed by atoms with van der Waals surface area (Å²) in [7, 11) is -1.31. The number of urea groups is 1. The molecule has 2 saturated heterocycles. The number of carbonyl (C=O) groups excluding carboxylic acids is 4. The lowest BCUT2D eigenvalue weighted by Gasteiger charge is -2.38. The number of hydrogen-bond acceptors (Lipinski definition) is 30. The molecule has 2 unspecified atom stereocenters. The van der Waals surface area contributed by atoms with E-state index in [1.165, 1.54) is 65.3 Å². The fourth-order valence-corrected chi connectivity index (χ4v) is 13.9. The summed E-state index contributed by atoms with van der Waals surface area (Å²) < 4.78 is 20.9. The molecule has 40 heteroatoms. The molecule has 0 spiro atoms. The zero-order valence-corrected chi connectivity index (χ0v) is 72.5. The highest BCUT2D eigenvalue weighted by Gasteiger charge is 2.41. The van der Waals surface area contributed by atoms with Gasteiger partial charge < -0.3 is 76.3 Å². The molecule has 4 aromatic rings. The van der Waals surface area contributed by atoms with Gasteiger partial charge in [0.2, 0.25) is 11.7 Å². The third kappa shape index (κ3) is 38.3. The molecule has 108 heavy (non-hydrogen) atoms. The van der Waals surface area contributed by atoms with Gasteiger partial charge in [0, 0.05) is 63.6 Å². The van der Waals surface area contributed by atoms with Crippen LogP contribution in [0, 0.1) is 49.2 Å². The van der Waals surface area contributed by atoms with Crippen molar-refractivity contribution < 1.29 is 82.2 Å². The maximum Gasteiger partial charge on any atom is 0.429 e. The lowest BCUT2D eigenvalue weighted by molar-refractivity contribution is -0.153. The van der Waals surface area contributed by atoms with Gasteiger partial charge in [-0.15, -0.1) is 58.0 Å². The molecule has 0 aromatic carbocycles. The van der Waals surface area contributed by atoms with Crippen molar-refractivity contribution in [1.29, 1.82) is 5.26 Å². The number of thioether (sulfide) groups is 3. The molecule has 2 fully saturated rings. The van der Waals surface area contributed by atoms with E-state index >= 15 is 0 Å². The van der Waals surface area contributed by atoms with Crippen molar-refractivity contribution in [1.82, 2.24) is 34.4 Å². The van der Waals surface area contributed by atoms with E-state index in [9.17, 15) is 38.4 Å². The number of nitrogens with two attached hydrogens (primary N) is 3. The van der Waals surface area contributed by atoms with E-state index in [1.807, 2.05) is 84.9 Å². The van der Waals surface area contributed by atoms with Crippen LogP contribution in [0.2, 0.25) is 0 Å². The number of hydrogen-bond donors (Lipinski definition) is 10. The summed E-state index contributed by atoms with van der Waals surface area (Å²) in [4.78, 5) is 120. The highest BCUT2D eigenvalue weighted by Crippen LogP contribution is 2.59. The van der Waals surface area contributed by atoms with E-state index in [0.29, 0.717) is 68.3 Å². The number of primary amides is 1. The van der Waals surface area contributed by atoms with Crippen molar-refractivity contribution in [2.24, 2.45) is 64.3 Å². The number of carboxylic acid groups (broad SMARTS) is 2. The third-order valence-electron chi connectivity index (χ3n) is 13.1. The number of nitrogens with one attached hydrogen (secondary N) is 2.